The monoisotopic (exact) mass is 522 g/mol. The maximum absolute atomic E-state index is 13.5. The summed E-state index contributed by atoms with van der Waals surface area (Å²) in [7, 11) is -2.09. The highest BCUT2D eigenvalue weighted by molar-refractivity contribution is 7.89. The van der Waals surface area contributed by atoms with Gasteiger partial charge in [0.1, 0.15) is 12.4 Å². The lowest BCUT2D eigenvalue weighted by atomic mass is 10.1. The van der Waals surface area contributed by atoms with E-state index in [-0.39, 0.29) is 31.7 Å². The number of methoxy groups -OCH3 is 1. The van der Waals surface area contributed by atoms with Gasteiger partial charge >= 0.3 is 0 Å². The Bertz CT molecular complexity index is 977. The van der Waals surface area contributed by atoms with Gasteiger partial charge in [-0.25, -0.2) is 8.42 Å². The van der Waals surface area contributed by atoms with E-state index >= 15 is 0 Å². The zero-order valence-electron chi connectivity index (χ0n) is 22.1. The van der Waals surface area contributed by atoms with Crippen LogP contribution in [0.25, 0.3) is 0 Å². The molecule has 4 rings (SSSR count). The van der Waals surface area contributed by atoms with Crippen molar-refractivity contribution in [3.05, 3.63) is 23.3 Å². The Morgan fingerprint density at radius 3 is 2.11 bits per heavy atom. The minimum atomic E-state index is -3.67. The third-order valence-corrected chi connectivity index (χ3v) is 9.79. The van der Waals surface area contributed by atoms with Crippen LogP contribution >= 0.6 is 0 Å². The number of carbonyl (C=O) groups is 1. The standard InChI is InChI=1S/C26H42N4O5S/c1-21-18-24(34-3)19-22(2)26(21)36(32,33)30(23-6-7-23)16-17-35-20-25(31)29-14-12-28(13-15-29)11-10-27-8-4-5-9-27/h18-19,23H,4-17,20H2,1-3H3. The topological polar surface area (TPSA) is 82.6 Å². The van der Waals surface area contributed by atoms with Gasteiger partial charge < -0.3 is 19.3 Å². The smallest absolute Gasteiger partial charge is 0.248 e. The fourth-order valence-corrected chi connectivity index (χ4v) is 7.41. The molecule has 2 heterocycles. The van der Waals surface area contributed by atoms with Gasteiger partial charge in [-0.05, 0) is 75.9 Å². The molecule has 0 atom stereocenters. The van der Waals surface area contributed by atoms with E-state index in [2.05, 4.69) is 9.80 Å². The normalized spacial score (nSPS) is 19.8. The lowest BCUT2D eigenvalue weighted by molar-refractivity contribution is -0.137. The van der Waals surface area contributed by atoms with Crippen LogP contribution in [0.15, 0.2) is 17.0 Å². The van der Waals surface area contributed by atoms with Crippen LogP contribution in [-0.2, 0) is 19.6 Å². The molecule has 2 saturated heterocycles. The Balaban J connectivity index is 1.22. The number of nitrogens with zero attached hydrogens (tertiary/aromatic N) is 4. The lowest BCUT2D eigenvalue weighted by Gasteiger charge is -2.35. The molecule has 0 N–H and O–H groups in total. The molecule has 36 heavy (non-hydrogen) atoms. The predicted octanol–water partition coefficient (Wildman–Crippen LogP) is 1.72. The van der Waals surface area contributed by atoms with Gasteiger partial charge in [0.2, 0.25) is 15.9 Å². The molecule has 1 aromatic rings. The number of ether oxygens (including phenoxy) is 2. The van der Waals surface area contributed by atoms with Crippen LogP contribution in [0.4, 0.5) is 0 Å². The van der Waals surface area contributed by atoms with E-state index in [4.69, 9.17) is 9.47 Å². The molecule has 3 aliphatic rings. The SMILES string of the molecule is COc1cc(C)c(S(=O)(=O)N(CCOCC(=O)N2CCN(CCN3CCCC3)CC2)C2CC2)c(C)c1. The molecule has 0 bridgehead atoms. The summed E-state index contributed by atoms with van der Waals surface area (Å²) in [6.07, 6.45) is 4.34. The van der Waals surface area contributed by atoms with E-state index in [1.807, 2.05) is 4.90 Å². The van der Waals surface area contributed by atoms with Crippen molar-refractivity contribution >= 4 is 15.9 Å². The molecule has 0 spiro atoms. The summed E-state index contributed by atoms with van der Waals surface area (Å²) in [5, 5.41) is 0. The maximum Gasteiger partial charge on any atom is 0.248 e. The molecule has 10 heteroatoms. The zero-order chi connectivity index (χ0) is 25.7. The summed E-state index contributed by atoms with van der Waals surface area (Å²) in [6.45, 7) is 11.9. The van der Waals surface area contributed by atoms with Gasteiger partial charge in [0.15, 0.2) is 0 Å². The average Bonchev–Trinajstić information content (AvgIpc) is 3.55. The van der Waals surface area contributed by atoms with Crippen molar-refractivity contribution < 1.29 is 22.7 Å². The molecular weight excluding hydrogens is 480 g/mol. The number of carbonyl (C=O) groups excluding carboxylic acids is 1. The Hall–Kier alpha value is -1.72. The van der Waals surface area contributed by atoms with Gasteiger partial charge in [-0.2, -0.15) is 4.31 Å². The number of hydrogen-bond donors (Lipinski definition) is 0. The molecule has 1 amide bonds. The van der Waals surface area contributed by atoms with Crippen LogP contribution in [0.2, 0.25) is 0 Å². The first-order valence-electron chi connectivity index (χ1n) is 13.3. The fourth-order valence-electron chi connectivity index (χ4n) is 5.33. The van der Waals surface area contributed by atoms with Gasteiger partial charge in [0, 0.05) is 51.9 Å². The average molecular weight is 523 g/mol. The van der Waals surface area contributed by atoms with E-state index in [0.29, 0.717) is 21.8 Å². The molecule has 0 unspecified atom stereocenters. The molecule has 1 aliphatic carbocycles. The second-order valence-corrected chi connectivity index (χ2v) is 12.1. The number of sulfonamides is 1. The molecule has 9 nitrogen and oxygen atoms in total. The highest BCUT2D eigenvalue weighted by Crippen LogP contribution is 2.35. The number of benzene rings is 1. The molecule has 2 aliphatic heterocycles. The van der Waals surface area contributed by atoms with Crippen LogP contribution < -0.4 is 4.74 Å². The summed E-state index contributed by atoms with van der Waals surface area (Å²) < 4.78 is 39.6. The second-order valence-electron chi connectivity index (χ2n) is 10.3. The van der Waals surface area contributed by atoms with E-state index in [1.54, 1.807) is 37.4 Å². The third kappa shape index (κ3) is 6.77. The first kappa shape index (κ1) is 27.3. The third-order valence-electron chi connectivity index (χ3n) is 7.53. The van der Waals surface area contributed by atoms with Crippen molar-refractivity contribution in [3.63, 3.8) is 0 Å². The summed E-state index contributed by atoms with van der Waals surface area (Å²) in [5.74, 6) is 0.632. The lowest BCUT2D eigenvalue weighted by Crippen LogP contribution is -2.51. The van der Waals surface area contributed by atoms with E-state index in [9.17, 15) is 13.2 Å². The maximum atomic E-state index is 13.5. The minimum absolute atomic E-state index is 0.00356. The van der Waals surface area contributed by atoms with Gasteiger partial charge in [0.25, 0.3) is 0 Å². The number of hydrogen-bond acceptors (Lipinski definition) is 7. The summed E-state index contributed by atoms with van der Waals surface area (Å²) in [4.78, 5) is 19.8. The van der Waals surface area contributed by atoms with Crippen LogP contribution in [0.1, 0.15) is 36.8 Å². The van der Waals surface area contributed by atoms with Gasteiger partial charge in [0.05, 0.1) is 18.6 Å². The Kier molecular flexibility index (Phi) is 9.27. The number of likely N-dealkylation sites (tertiary alicyclic amines) is 1. The van der Waals surface area contributed by atoms with Crippen LogP contribution in [0.3, 0.4) is 0 Å². The highest BCUT2D eigenvalue weighted by atomic mass is 32.2. The van der Waals surface area contributed by atoms with Crippen molar-refractivity contribution in [1.82, 2.24) is 19.0 Å². The van der Waals surface area contributed by atoms with Gasteiger partial charge in [-0.3, -0.25) is 9.69 Å². The largest absolute Gasteiger partial charge is 0.497 e. The molecule has 1 aromatic carbocycles. The van der Waals surface area contributed by atoms with Gasteiger partial charge in [-0.15, -0.1) is 0 Å². The molecule has 0 radical (unpaired) electrons. The first-order chi connectivity index (χ1) is 17.3. The van der Waals surface area contributed by atoms with Crippen molar-refractivity contribution in [3.8, 4) is 5.75 Å². The zero-order valence-corrected chi connectivity index (χ0v) is 22.9. The van der Waals surface area contributed by atoms with E-state index in [1.165, 1.54) is 25.9 Å². The van der Waals surface area contributed by atoms with Crippen molar-refractivity contribution in [2.45, 2.75) is 50.5 Å². The quantitative estimate of drug-likeness (QED) is 0.387. The number of amides is 1. The Morgan fingerprint density at radius 2 is 1.56 bits per heavy atom. The second kappa shape index (κ2) is 12.2. The van der Waals surface area contributed by atoms with Gasteiger partial charge in [-0.1, -0.05) is 0 Å². The minimum Gasteiger partial charge on any atom is -0.497 e. The van der Waals surface area contributed by atoms with E-state index in [0.717, 1.165) is 52.1 Å². The molecule has 1 saturated carbocycles. The summed E-state index contributed by atoms with van der Waals surface area (Å²) in [5.41, 5.74) is 1.35. The highest BCUT2D eigenvalue weighted by Gasteiger charge is 2.39. The molecule has 3 fully saturated rings. The van der Waals surface area contributed by atoms with Crippen LogP contribution in [-0.4, -0.2) is 119 Å². The van der Waals surface area contributed by atoms with Crippen molar-refractivity contribution in [1.29, 1.82) is 0 Å². The number of piperazine rings is 1. The predicted molar refractivity (Wildman–Crippen MR) is 139 cm³/mol. The Labute approximate surface area is 216 Å². The number of rotatable bonds is 12. The fraction of sp³-hybridized carbons (Fsp3) is 0.731. The molecular formula is C26H42N4O5S. The molecule has 0 aromatic heterocycles. The van der Waals surface area contributed by atoms with Crippen LogP contribution in [0, 0.1) is 13.8 Å². The molecule has 202 valence electrons. The van der Waals surface area contributed by atoms with E-state index < -0.39 is 10.0 Å². The Morgan fingerprint density at radius 1 is 0.972 bits per heavy atom. The van der Waals surface area contributed by atoms with Crippen molar-refractivity contribution in [2.24, 2.45) is 0 Å². The van der Waals surface area contributed by atoms with Crippen molar-refractivity contribution in [2.75, 3.05) is 79.2 Å². The summed E-state index contributed by atoms with van der Waals surface area (Å²) >= 11 is 0. The first-order valence-corrected chi connectivity index (χ1v) is 14.7. The number of aryl methyl sites for hydroxylation is 2. The summed E-state index contributed by atoms with van der Waals surface area (Å²) in [6, 6.07) is 3.52. The van der Waals surface area contributed by atoms with Crippen LogP contribution in [0.5, 0.6) is 5.75 Å².